The molecule has 2 aromatic heterocycles. The van der Waals surface area contributed by atoms with Gasteiger partial charge in [-0.25, -0.2) is 0 Å². The fraction of sp³-hybridized carbons (Fsp3) is 0.261. The molecule has 3 heterocycles. The Labute approximate surface area is 167 Å². The van der Waals surface area contributed by atoms with E-state index >= 15 is 0 Å². The van der Waals surface area contributed by atoms with Crippen molar-refractivity contribution < 1.29 is 14.7 Å². The van der Waals surface area contributed by atoms with Crippen LogP contribution in [0.1, 0.15) is 42.9 Å². The van der Waals surface area contributed by atoms with Crippen LogP contribution in [0.25, 0.3) is 16.7 Å². The number of amides is 1. The largest absolute Gasteiger partial charge is 0.507 e. The summed E-state index contributed by atoms with van der Waals surface area (Å²) in [5.41, 5.74) is 2.33. The van der Waals surface area contributed by atoms with Gasteiger partial charge in [-0.15, -0.1) is 0 Å². The number of carbonyl (C=O) groups excluding carboxylic acids is 2. The molecule has 6 heteroatoms. The predicted molar refractivity (Wildman–Crippen MR) is 109 cm³/mol. The second-order valence-electron chi connectivity index (χ2n) is 7.67. The lowest BCUT2D eigenvalue weighted by Crippen LogP contribution is -2.37. The normalized spacial score (nSPS) is 22.1. The minimum absolute atomic E-state index is 0.0119. The zero-order chi connectivity index (χ0) is 20.0. The van der Waals surface area contributed by atoms with Crippen LogP contribution in [0.5, 0.6) is 0 Å². The molecule has 1 aromatic carbocycles. The van der Waals surface area contributed by atoms with Gasteiger partial charge in [0, 0.05) is 41.1 Å². The Morgan fingerprint density at radius 3 is 2.55 bits per heavy atom. The van der Waals surface area contributed by atoms with Crippen molar-refractivity contribution in [2.24, 2.45) is 0 Å². The van der Waals surface area contributed by atoms with Crippen LogP contribution in [0.15, 0.2) is 60.6 Å². The van der Waals surface area contributed by atoms with Crippen molar-refractivity contribution in [3.05, 3.63) is 71.7 Å². The molecule has 2 aliphatic rings. The van der Waals surface area contributed by atoms with Gasteiger partial charge in [0.1, 0.15) is 5.76 Å². The van der Waals surface area contributed by atoms with Crippen molar-refractivity contribution in [3.8, 4) is 0 Å². The van der Waals surface area contributed by atoms with Gasteiger partial charge < -0.3 is 15.0 Å². The molecule has 2 N–H and O–H groups in total. The molecule has 0 radical (unpaired) electrons. The number of H-pyrrole nitrogens is 1. The lowest BCUT2D eigenvalue weighted by atomic mass is 9.95. The summed E-state index contributed by atoms with van der Waals surface area (Å²) in [6.07, 6.45) is 8.82. The van der Waals surface area contributed by atoms with Gasteiger partial charge in [0.05, 0.1) is 11.6 Å². The van der Waals surface area contributed by atoms with E-state index in [4.69, 9.17) is 0 Å². The Morgan fingerprint density at radius 2 is 1.79 bits per heavy atom. The monoisotopic (exact) mass is 387 g/mol. The van der Waals surface area contributed by atoms with E-state index in [9.17, 15) is 14.7 Å². The highest BCUT2D eigenvalue weighted by Gasteiger charge is 2.49. The van der Waals surface area contributed by atoms with Crippen molar-refractivity contribution in [1.29, 1.82) is 0 Å². The van der Waals surface area contributed by atoms with Crippen LogP contribution >= 0.6 is 0 Å². The molecule has 3 aromatic rings. The van der Waals surface area contributed by atoms with E-state index in [1.165, 1.54) is 0 Å². The Morgan fingerprint density at radius 1 is 1.07 bits per heavy atom. The minimum Gasteiger partial charge on any atom is -0.507 e. The Balaban J connectivity index is 1.71. The first-order chi connectivity index (χ1) is 14.2. The average molecular weight is 387 g/mol. The first-order valence-corrected chi connectivity index (χ1v) is 9.93. The molecule has 5 rings (SSSR count). The van der Waals surface area contributed by atoms with E-state index in [1.54, 1.807) is 35.6 Å². The van der Waals surface area contributed by atoms with Crippen LogP contribution in [0, 0.1) is 0 Å². The average Bonchev–Trinajstić information content (AvgIpc) is 3.47. The molecule has 6 nitrogen and oxygen atoms in total. The number of carbonyl (C=O) groups is 2. The zero-order valence-electron chi connectivity index (χ0n) is 15.8. The number of nitrogens with zero attached hydrogens (tertiary/aromatic N) is 2. The van der Waals surface area contributed by atoms with E-state index < -0.39 is 17.7 Å². The Kier molecular flexibility index (Phi) is 4.19. The third kappa shape index (κ3) is 2.75. The second-order valence-corrected chi connectivity index (χ2v) is 7.67. The highest BCUT2D eigenvalue weighted by atomic mass is 16.3. The van der Waals surface area contributed by atoms with Crippen molar-refractivity contribution in [3.63, 3.8) is 0 Å². The molecule has 1 atom stereocenters. The van der Waals surface area contributed by atoms with Gasteiger partial charge in [-0.1, -0.05) is 31.0 Å². The van der Waals surface area contributed by atoms with E-state index in [0.717, 1.165) is 42.1 Å². The third-order valence-corrected chi connectivity index (χ3v) is 6.06. The van der Waals surface area contributed by atoms with Crippen molar-refractivity contribution >= 4 is 28.4 Å². The van der Waals surface area contributed by atoms with E-state index in [2.05, 4.69) is 9.97 Å². The summed E-state index contributed by atoms with van der Waals surface area (Å²) in [6, 6.07) is 10.6. The van der Waals surface area contributed by atoms with Crippen LogP contribution in [0.4, 0.5) is 0 Å². The summed E-state index contributed by atoms with van der Waals surface area (Å²) in [5.74, 6) is -1.29. The fourth-order valence-electron chi connectivity index (χ4n) is 4.69. The van der Waals surface area contributed by atoms with Crippen molar-refractivity contribution in [2.45, 2.75) is 37.8 Å². The van der Waals surface area contributed by atoms with Crippen LogP contribution in [0.3, 0.4) is 0 Å². The molecule has 1 aliphatic heterocycles. The number of aliphatic hydroxyl groups is 1. The first-order valence-electron chi connectivity index (χ1n) is 9.93. The molecular formula is C23H21N3O3. The third-order valence-electron chi connectivity index (χ3n) is 6.06. The molecule has 29 heavy (non-hydrogen) atoms. The number of para-hydroxylation sites is 1. The summed E-state index contributed by atoms with van der Waals surface area (Å²) in [4.78, 5) is 35.0. The Bertz CT molecular complexity index is 1130. The smallest absolute Gasteiger partial charge is 0.295 e. The second kappa shape index (κ2) is 6.88. The number of aromatic nitrogens is 2. The maximum atomic E-state index is 13.1. The molecule has 1 amide bonds. The molecule has 146 valence electrons. The van der Waals surface area contributed by atoms with Crippen LogP contribution < -0.4 is 0 Å². The maximum absolute atomic E-state index is 13.1. The molecule has 0 spiro atoms. The number of hydrogen-bond donors (Lipinski definition) is 2. The lowest BCUT2D eigenvalue weighted by Gasteiger charge is -2.30. The fourth-order valence-corrected chi connectivity index (χ4v) is 4.69. The van der Waals surface area contributed by atoms with Crippen LogP contribution in [-0.2, 0) is 9.59 Å². The molecule has 2 fully saturated rings. The number of aromatic amines is 1. The SMILES string of the molecule is O=C1C(=O)N(C2CCCC2)C(c2ccncc2)/C1=C(/O)c1c[nH]c2ccccc12. The minimum atomic E-state index is -0.624. The van der Waals surface area contributed by atoms with Gasteiger partial charge in [-0.05, 0) is 36.6 Å². The molecule has 1 saturated heterocycles. The molecule has 1 unspecified atom stereocenters. The number of hydrogen-bond acceptors (Lipinski definition) is 4. The number of ketones is 1. The van der Waals surface area contributed by atoms with Gasteiger partial charge in [0.25, 0.3) is 11.7 Å². The van der Waals surface area contributed by atoms with E-state index in [1.807, 2.05) is 24.3 Å². The number of aliphatic hydroxyl groups excluding tert-OH is 1. The molecular weight excluding hydrogens is 366 g/mol. The maximum Gasteiger partial charge on any atom is 0.295 e. The summed E-state index contributed by atoms with van der Waals surface area (Å²) in [5, 5.41) is 12.0. The van der Waals surface area contributed by atoms with Crippen LogP contribution in [0.2, 0.25) is 0 Å². The Hall–Kier alpha value is -3.41. The highest BCUT2D eigenvalue weighted by molar-refractivity contribution is 6.46. The first kappa shape index (κ1) is 17.7. The summed E-state index contributed by atoms with van der Waals surface area (Å²) >= 11 is 0. The number of benzene rings is 1. The number of likely N-dealkylation sites (tertiary alicyclic amines) is 1. The summed E-state index contributed by atoms with van der Waals surface area (Å²) in [6.45, 7) is 0. The molecule has 1 aliphatic carbocycles. The number of fused-ring (bicyclic) bond motifs is 1. The highest BCUT2D eigenvalue weighted by Crippen LogP contribution is 2.43. The van der Waals surface area contributed by atoms with Crippen molar-refractivity contribution in [2.75, 3.05) is 0 Å². The molecule has 0 bridgehead atoms. The van der Waals surface area contributed by atoms with Gasteiger partial charge in [0.2, 0.25) is 0 Å². The van der Waals surface area contributed by atoms with Gasteiger partial charge >= 0.3 is 0 Å². The van der Waals surface area contributed by atoms with Crippen LogP contribution in [-0.4, -0.2) is 37.7 Å². The molecule has 1 saturated carbocycles. The standard InChI is InChI=1S/C23H21N3O3/c27-21(17-13-25-18-8-4-3-7-16(17)18)19-20(14-9-11-24-12-10-14)26(23(29)22(19)28)15-5-1-2-6-15/h3-4,7-13,15,20,25,27H,1-2,5-6H2/b21-19-. The van der Waals surface area contributed by atoms with Gasteiger partial charge in [-0.3, -0.25) is 14.6 Å². The van der Waals surface area contributed by atoms with Crippen molar-refractivity contribution in [1.82, 2.24) is 14.9 Å². The number of Topliss-reactive ketones (excluding diaryl/α,β-unsaturated/α-hetero) is 1. The number of nitrogens with one attached hydrogen (secondary N) is 1. The van der Waals surface area contributed by atoms with Gasteiger partial charge in [-0.2, -0.15) is 0 Å². The zero-order valence-corrected chi connectivity index (χ0v) is 15.8. The quantitative estimate of drug-likeness (QED) is 0.405. The summed E-state index contributed by atoms with van der Waals surface area (Å²) in [7, 11) is 0. The van der Waals surface area contributed by atoms with E-state index in [0.29, 0.717) is 5.56 Å². The number of pyridine rings is 1. The lowest BCUT2D eigenvalue weighted by molar-refractivity contribution is -0.141. The summed E-state index contributed by atoms with van der Waals surface area (Å²) < 4.78 is 0. The van der Waals surface area contributed by atoms with E-state index in [-0.39, 0.29) is 17.4 Å². The predicted octanol–water partition coefficient (Wildman–Crippen LogP) is 3.93. The van der Waals surface area contributed by atoms with Gasteiger partial charge in [0.15, 0.2) is 0 Å². The number of rotatable bonds is 3. The topological polar surface area (TPSA) is 86.3 Å².